The Bertz CT molecular complexity index is 344. The lowest BCUT2D eigenvalue weighted by Crippen LogP contribution is -2.41. The number of hydrogen-bond donors (Lipinski definition) is 3. The topological polar surface area (TPSA) is 60.7 Å². The minimum atomic E-state index is -0.661. The van der Waals surface area contributed by atoms with E-state index >= 15 is 0 Å². The Morgan fingerprint density at radius 1 is 1.13 bits per heavy atom. The predicted molar refractivity (Wildman–Crippen MR) is 56.6 cm³/mol. The van der Waals surface area contributed by atoms with Crippen LogP contribution in [-0.2, 0) is 11.8 Å². The molecule has 0 saturated carbocycles. The van der Waals surface area contributed by atoms with Gasteiger partial charge in [-0.15, -0.1) is 0 Å². The molecule has 0 heterocycles. The van der Waals surface area contributed by atoms with Crippen molar-refractivity contribution in [3.63, 3.8) is 0 Å². The highest BCUT2D eigenvalue weighted by Gasteiger charge is 2.45. The Hall–Kier alpha value is -0.900. The van der Waals surface area contributed by atoms with Gasteiger partial charge in [0, 0.05) is 17.9 Å². The summed E-state index contributed by atoms with van der Waals surface area (Å²) in [6.07, 6.45) is 0.730. The van der Waals surface area contributed by atoms with Crippen molar-refractivity contribution < 1.29 is 15.3 Å². The average molecular weight is 208 g/mol. The summed E-state index contributed by atoms with van der Waals surface area (Å²) < 4.78 is 0. The Morgan fingerprint density at radius 3 is 2.40 bits per heavy atom. The molecule has 0 radical (unpaired) electrons. The van der Waals surface area contributed by atoms with E-state index in [1.807, 2.05) is 24.3 Å². The Morgan fingerprint density at radius 2 is 1.80 bits per heavy atom. The van der Waals surface area contributed by atoms with Crippen LogP contribution in [-0.4, -0.2) is 35.1 Å². The van der Waals surface area contributed by atoms with Crippen LogP contribution >= 0.6 is 0 Å². The summed E-state index contributed by atoms with van der Waals surface area (Å²) in [5.41, 5.74) is 1.44. The summed E-state index contributed by atoms with van der Waals surface area (Å²) in [7, 11) is 0. The van der Waals surface area contributed by atoms with E-state index < -0.39 is 5.41 Å². The van der Waals surface area contributed by atoms with Gasteiger partial charge in [0.2, 0.25) is 0 Å². The van der Waals surface area contributed by atoms with Gasteiger partial charge >= 0.3 is 0 Å². The van der Waals surface area contributed by atoms with Gasteiger partial charge in [0.15, 0.2) is 0 Å². The van der Waals surface area contributed by atoms with Gasteiger partial charge in [0.25, 0.3) is 0 Å². The second-order valence-corrected chi connectivity index (χ2v) is 4.21. The lowest BCUT2D eigenvalue weighted by atomic mass is 9.76. The van der Waals surface area contributed by atoms with E-state index in [1.165, 1.54) is 0 Å². The third-order valence-corrected chi connectivity index (χ3v) is 3.59. The first-order valence-electron chi connectivity index (χ1n) is 5.19. The molecule has 0 aliphatic heterocycles. The average Bonchev–Trinajstić information content (AvgIpc) is 2.63. The van der Waals surface area contributed by atoms with Crippen molar-refractivity contribution in [3.8, 4) is 0 Å². The van der Waals surface area contributed by atoms with Crippen molar-refractivity contribution in [2.45, 2.75) is 11.8 Å². The van der Waals surface area contributed by atoms with E-state index in [0.29, 0.717) is 0 Å². The van der Waals surface area contributed by atoms with Crippen molar-refractivity contribution in [3.05, 3.63) is 35.4 Å². The molecule has 3 nitrogen and oxygen atoms in total. The SMILES string of the molecule is OC[C@@H]1Cc2ccccc2C1(CO)CO. The molecule has 3 heteroatoms. The molecule has 82 valence electrons. The summed E-state index contributed by atoms with van der Waals surface area (Å²) in [5, 5.41) is 28.3. The van der Waals surface area contributed by atoms with Gasteiger partial charge in [-0.1, -0.05) is 24.3 Å². The smallest absolute Gasteiger partial charge is 0.0553 e. The molecule has 1 aliphatic carbocycles. The summed E-state index contributed by atoms with van der Waals surface area (Å²) >= 11 is 0. The van der Waals surface area contributed by atoms with Crippen molar-refractivity contribution >= 4 is 0 Å². The second-order valence-electron chi connectivity index (χ2n) is 4.21. The first kappa shape index (κ1) is 10.6. The number of benzene rings is 1. The standard InChI is InChI=1S/C12H16O3/c13-6-10-5-9-3-1-2-4-11(9)12(10,7-14)8-15/h1-4,10,13-15H,5-8H2/t10-/m0/s1. The molecule has 1 aromatic rings. The van der Waals surface area contributed by atoms with Gasteiger partial charge < -0.3 is 15.3 Å². The highest BCUT2D eigenvalue weighted by Crippen LogP contribution is 2.42. The Balaban J connectivity index is 2.50. The molecule has 1 aliphatic rings. The monoisotopic (exact) mass is 208 g/mol. The minimum absolute atomic E-state index is 0.00417. The molecule has 0 bridgehead atoms. The molecule has 2 rings (SSSR count). The lowest BCUT2D eigenvalue weighted by molar-refractivity contribution is 0.0521. The summed E-state index contributed by atoms with van der Waals surface area (Å²) in [4.78, 5) is 0. The lowest BCUT2D eigenvalue weighted by Gasteiger charge is -2.31. The van der Waals surface area contributed by atoms with Crippen LogP contribution in [0.5, 0.6) is 0 Å². The van der Waals surface area contributed by atoms with Gasteiger partial charge in [-0.05, 0) is 17.5 Å². The second kappa shape index (κ2) is 3.93. The summed E-state index contributed by atoms with van der Waals surface area (Å²) in [5.74, 6) is -0.0788. The van der Waals surface area contributed by atoms with Gasteiger partial charge in [0.1, 0.15) is 0 Å². The molecule has 3 N–H and O–H groups in total. The number of hydrogen-bond acceptors (Lipinski definition) is 3. The Labute approximate surface area is 89.0 Å². The molecule has 0 unspecified atom stereocenters. The van der Waals surface area contributed by atoms with Crippen molar-refractivity contribution in [1.82, 2.24) is 0 Å². The van der Waals surface area contributed by atoms with Gasteiger partial charge in [-0.3, -0.25) is 0 Å². The summed E-state index contributed by atoms with van der Waals surface area (Å²) in [6, 6.07) is 7.76. The van der Waals surface area contributed by atoms with Crippen LogP contribution in [0.1, 0.15) is 11.1 Å². The van der Waals surface area contributed by atoms with E-state index in [2.05, 4.69) is 0 Å². The Kier molecular flexibility index (Phi) is 2.78. The number of aliphatic hydroxyl groups is 3. The molecule has 0 spiro atoms. The van der Waals surface area contributed by atoms with Crippen LogP contribution in [0.4, 0.5) is 0 Å². The minimum Gasteiger partial charge on any atom is -0.396 e. The maximum atomic E-state index is 9.49. The zero-order valence-electron chi connectivity index (χ0n) is 8.56. The van der Waals surface area contributed by atoms with E-state index in [4.69, 9.17) is 0 Å². The number of fused-ring (bicyclic) bond motifs is 1. The fourth-order valence-corrected chi connectivity index (χ4v) is 2.58. The van der Waals surface area contributed by atoms with Crippen molar-refractivity contribution in [2.75, 3.05) is 19.8 Å². The molecule has 0 aromatic heterocycles. The van der Waals surface area contributed by atoms with Crippen LogP contribution in [0.25, 0.3) is 0 Å². The van der Waals surface area contributed by atoms with Crippen LogP contribution in [0.2, 0.25) is 0 Å². The third-order valence-electron chi connectivity index (χ3n) is 3.59. The molecule has 0 saturated heterocycles. The molecule has 1 atom stereocenters. The fourth-order valence-electron chi connectivity index (χ4n) is 2.58. The van der Waals surface area contributed by atoms with E-state index in [9.17, 15) is 15.3 Å². The normalized spacial score (nSPS) is 22.7. The van der Waals surface area contributed by atoms with Crippen molar-refractivity contribution in [2.24, 2.45) is 5.92 Å². The zero-order valence-corrected chi connectivity index (χ0v) is 8.56. The van der Waals surface area contributed by atoms with E-state index in [1.54, 1.807) is 0 Å². The van der Waals surface area contributed by atoms with Crippen LogP contribution < -0.4 is 0 Å². The molecule has 15 heavy (non-hydrogen) atoms. The predicted octanol–water partition coefficient (Wildman–Crippen LogP) is 0.0736. The van der Waals surface area contributed by atoms with Gasteiger partial charge in [0.05, 0.1) is 13.2 Å². The van der Waals surface area contributed by atoms with E-state index in [0.717, 1.165) is 17.5 Å². The zero-order chi connectivity index (χ0) is 10.9. The third kappa shape index (κ3) is 1.39. The number of aliphatic hydroxyl groups excluding tert-OH is 3. The van der Waals surface area contributed by atoms with Crippen molar-refractivity contribution in [1.29, 1.82) is 0 Å². The number of rotatable bonds is 3. The van der Waals surface area contributed by atoms with Crippen LogP contribution in [0.3, 0.4) is 0 Å². The fraction of sp³-hybridized carbons (Fsp3) is 0.500. The van der Waals surface area contributed by atoms with E-state index in [-0.39, 0.29) is 25.7 Å². The van der Waals surface area contributed by atoms with Gasteiger partial charge in [-0.25, -0.2) is 0 Å². The van der Waals surface area contributed by atoms with Crippen LogP contribution in [0, 0.1) is 5.92 Å². The quantitative estimate of drug-likeness (QED) is 0.659. The molecular weight excluding hydrogens is 192 g/mol. The molecule has 0 amide bonds. The highest BCUT2D eigenvalue weighted by atomic mass is 16.3. The highest BCUT2D eigenvalue weighted by molar-refractivity contribution is 5.41. The first-order valence-corrected chi connectivity index (χ1v) is 5.19. The first-order chi connectivity index (χ1) is 7.28. The maximum Gasteiger partial charge on any atom is 0.0553 e. The molecule has 1 aromatic carbocycles. The molecular formula is C12H16O3. The van der Waals surface area contributed by atoms with Crippen LogP contribution in [0.15, 0.2) is 24.3 Å². The van der Waals surface area contributed by atoms with Gasteiger partial charge in [-0.2, -0.15) is 0 Å². The molecule has 0 fully saturated rings. The largest absolute Gasteiger partial charge is 0.396 e. The summed E-state index contributed by atoms with van der Waals surface area (Å²) in [6.45, 7) is -0.243. The maximum absolute atomic E-state index is 9.49.